The summed E-state index contributed by atoms with van der Waals surface area (Å²) in [6, 6.07) is 6.17. The molecule has 0 radical (unpaired) electrons. The molecule has 20 heavy (non-hydrogen) atoms. The first-order chi connectivity index (χ1) is 9.58. The molecule has 1 amide bonds. The molecule has 1 saturated heterocycles. The van der Waals surface area contributed by atoms with E-state index in [0.717, 1.165) is 12.8 Å². The first-order valence-corrected chi connectivity index (χ1v) is 6.97. The maximum Gasteiger partial charge on any atom is 0.239 e. The van der Waals surface area contributed by atoms with Crippen LogP contribution in [0.1, 0.15) is 25.3 Å². The fourth-order valence-electron chi connectivity index (χ4n) is 2.35. The Morgan fingerprint density at radius 3 is 2.70 bits per heavy atom. The summed E-state index contributed by atoms with van der Waals surface area (Å²) < 4.78 is 19.2. The van der Waals surface area contributed by atoms with Gasteiger partial charge in [0.05, 0.1) is 18.8 Å². The van der Waals surface area contributed by atoms with E-state index in [1.54, 1.807) is 30.0 Å². The van der Waals surface area contributed by atoms with E-state index in [9.17, 15) is 9.18 Å². The highest BCUT2D eigenvalue weighted by Crippen LogP contribution is 2.17. The highest BCUT2D eigenvalue weighted by Gasteiger charge is 2.24. The van der Waals surface area contributed by atoms with Gasteiger partial charge in [-0.15, -0.1) is 0 Å². The number of nitrogens with two attached hydrogens (primary N) is 1. The molecule has 1 aromatic rings. The maximum atomic E-state index is 13.5. The number of hydrogen-bond acceptors (Lipinski definition) is 3. The molecule has 110 valence electrons. The summed E-state index contributed by atoms with van der Waals surface area (Å²) in [5, 5.41) is 0. The van der Waals surface area contributed by atoms with Gasteiger partial charge in [-0.3, -0.25) is 4.79 Å². The van der Waals surface area contributed by atoms with Crippen molar-refractivity contribution in [1.82, 2.24) is 4.90 Å². The molecule has 1 aliphatic heterocycles. The van der Waals surface area contributed by atoms with Gasteiger partial charge in [-0.25, -0.2) is 4.39 Å². The fourth-order valence-corrected chi connectivity index (χ4v) is 2.35. The molecule has 1 aliphatic rings. The molecule has 0 spiro atoms. The van der Waals surface area contributed by atoms with Crippen molar-refractivity contribution in [3.05, 3.63) is 35.6 Å². The summed E-state index contributed by atoms with van der Waals surface area (Å²) in [6.07, 6.45) is 1.62. The van der Waals surface area contributed by atoms with E-state index in [4.69, 9.17) is 10.5 Å². The van der Waals surface area contributed by atoms with Gasteiger partial charge >= 0.3 is 0 Å². The van der Waals surface area contributed by atoms with Gasteiger partial charge in [0.2, 0.25) is 5.91 Å². The molecule has 5 heteroatoms. The second kappa shape index (κ2) is 6.81. The number of ether oxygens (including phenoxy) is 1. The minimum atomic E-state index is -0.453. The quantitative estimate of drug-likeness (QED) is 0.913. The molecule has 0 bridgehead atoms. The summed E-state index contributed by atoms with van der Waals surface area (Å²) >= 11 is 0. The number of likely N-dealkylation sites (tertiary alicyclic amines) is 1. The predicted molar refractivity (Wildman–Crippen MR) is 74.4 cm³/mol. The van der Waals surface area contributed by atoms with E-state index < -0.39 is 6.04 Å². The lowest BCUT2D eigenvalue weighted by Gasteiger charge is -2.32. The minimum Gasteiger partial charge on any atom is -0.373 e. The van der Waals surface area contributed by atoms with E-state index in [0.29, 0.717) is 18.7 Å². The third kappa shape index (κ3) is 3.77. The number of hydrogen-bond donors (Lipinski definition) is 1. The molecule has 1 heterocycles. The van der Waals surface area contributed by atoms with Gasteiger partial charge in [0, 0.05) is 18.7 Å². The lowest BCUT2D eigenvalue weighted by atomic mass is 10.1. The lowest BCUT2D eigenvalue weighted by molar-refractivity contribution is -0.135. The molecule has 0 unspecified atom stereocenters. The van der Waals surface area contributed by atoms with Crippen molar-refractivity contribution in [3.8, 4) is 0 Å². The van der Waals surface area contributed by atoms with Crippen LogP contribution < -0.4 is 5.73 Å². The molecule has 1 atom stereocenters. The Kier molecular flexibility index (Phi) is 5.09. The van der Waals surface area contributed by atoms with Crippen molar-refractivity contribution in [2.75, 3.05) is 13.1 Å². The predicted octanol–water partition coefficient (Wildman–Crippen LogP) is 1.68. The molecule has 2 N–H and O–H groups in total. The van der Waals surface area contributed by atoms with Crippen LogP contribution in [0.2, 0.25) is 0 Å². The number of amides is 1. The molecule has 1 aromatic carbocycles. The van der Waals surface area contributed by atoms with E-state index in [1.807, 2.05) is 0 Å². The summed E-state index contributed by atoms with van der Waals surface area (Å²) in [5.74, 6) is -0.255. The number of piperidine rings is 1. The highest BCUT2D eigenvalue weighted by atomic mass is 19.1. The summed E-state index contributed by atoms with van der Waals surface area (Å²) in [7, 11) is 0. The van der Waals surface area contributed by atoms with Crippen LogP contribution in [0.25, 0.3) is 0 Å². The number of rotatable bonds is 4. The average Bonchev–Trinajstić information content (AvgIpc) is 2.46. The highest BCUT2D eigenvalue weighted by molar-refractivity contribution is 5.81. The first-order valence-electron chi connectivity index (χ1n) is 6.97. The van der Waals surface area contributed by atoms with Crippen LogP contribution in [0.4, 0.5) is 4.39 Å². The van der Waals surface area contributed by atoms with E-state index >= 15 is 0 Å². The smallest absolute Gasteiger partial charge is 0.239 e. The van der Waals surface area contributed by atoms with Crippen LogP contribution >= 0.6 is 0 Å². The Bertz CT molecular complexity index is 457. The van der Waals surface area contributed by atoms with Crippen LogP contribution in [0, 0.1) is 5.82 Å². The maximum absolute atomic E-state index is 13.5. The Morgan fingerprint density at radius 1 is 1.45 bits per heavy atom. The van der Waals surface area contributed by atoms with Crippen LogP contribution in [0.5, 0.6) is 0 Å². The number of benzene rings is 1. The average molecular weight is 280 g/mol. The molecule has 2 rings (SSSR count). The monoisotopic (exact) mass is 280 g/mol. The minimum absolute atomic E-state index is 0.0162. The van der Waals surface area contributed by atoms with Crippen LogP contribution in [-0.2, 0) is 16.1 Å². The van der Waals surface area contributed by atoms with Crippen LogP contribution in [0.3, 0.4) is 0 Å². The lowest BCUT2D eigenvalue weighted by Crippen LogP contribution is -2.47. The number of halogens is 1. The van der Waals surface area contributed by atoms with Crippen molar-refractivity contribution in [2.24, 2.45) is 5.73 Å². The Hall–Kier alpha value is -1.46. The van der Waals surface area contributed by atoms with Crippen LogP contribution in [0.15, 0.2) is 24.3 Å². The van der Waals surface area contributed by atoms with Crippen molar-refractivity contribution in [1.29, 1.82) is 0 Å². The van der Waals surface area contributed by atoms with E-state index in [1.165, 1.54) is 6.07 Å². The molecular formula is C15H21FN2O2. The topological polar surface area (TPSA) is 55.6 Å². The van der Waals surface area contributed by atoms with Crippen molar-refractivity contribution in [3.63, 3.8) is 0 Å². The zero-order valence-electron chi connectivity index (χ0n) is 11.7. The molecule has 0 saturated carbocycles. The number of carbonyl (C=O) groups excluding carboxylic acids is 1. The summed E-state index contributed by atoms with van der Waals surface area (Å²) in [4.78, 5) is 13.5. The van der Waals surface area contributed by atoms with Crippen molar-refractivity contribution in [2.45, 2.75) is 38.5 Å². The van der Waals surface area contributed by atoms with Gasteiger partial charge in [-0.05, 0) is 25.8 Å². The normalized spacial score (nSPS) is 18.1. The molecular weight excluding hydrogens is 259 g/mol. The summed E-state index contributed by atoms with van der Waals surface area (Å²) in [6.45, 7) is 3.28. The van der Waals surface area contributed by atoms with Gasteiger partial charge in [-0.2, -0.15) is 0 Å². The number of nitrogens with zero attached hydrogens (tertiary/aromatic N) is 1. The number of carbonyl (C=O) groups is 1. The molecule has 4 nitrogen and oxygen atoms in total. The van der Waals surface area contributed by atoms with Crippen molar-refractivity contribution >= 4 is 5.91 Å². The Balaban J connectivity index is 1.78. The zero-order valence-corrected chi connectivity index (χ0v) is 11.7. The molecule has 1 fully saturated rings. The van der Waals surface area contributed by atoms with Crippen molar-refractivity contribution < 1.29 is 13.9 Å². The standard InChI is InChI=1S/C15H21FN2O2/c1-11(17)15(19)18-8-6-13(7-9-18)20-10-12-4-2-3-5-14(12)16/h2-5,11,13H,6-10,17H2,1H3/t11-/m1/s1. The second-order valence-electron chi connectivity index (χ2n) is 5.22. The van der Waals surface area contributed by atoms with Crippen LogP contribution in [-0.4, -0.2) is 36.0 Å². The van der Waals surface area contributed by atoms with Gasteiger partial charge in [0.15, 0.2) is 0 Å². The van der Waals surface area contributed by atoms with Gasteiger partial charge in [-0.1, -0.05) is 18.2 Å². The third-order valence-electron chi connectivity index (χ3n) is 3.58. The van der Waals surface area contributed by atoms with Gasteiger partial charge < -0.3 is 15.4 Å². The van der Waals surface area contributed by atoms with E-state index in [-0.39, 0.29) is 24.4 Å². The SMILES string of the molecule is C[C@@H](N)C(=O)N1CCC(OCc2ccccc2F)CC1. The van der Waals surface area contributed by atoms with Gasteiger partial charge in [0.25, 0.3) is 0 Å². The molecule has 0 aliphatic carbocycles. The Labute approximate surface area is 118 Å². The fraction of sp³-hybridized carbons (Fsp3) is 0.533. The zero-order chi connectivity index (χ0) is 14.5. The Morgan fingerprint density at radius 2 is 2.10 bits per heavy atom. The first kappa shape index (κ1) is 14.9. The summed E-state index contributed by atoms with van der Waals surface area (Å²) in [5.41, 5.74) is 6.16. The molecule has 0 aromatic heterocycles. The second-order valence-corrected chi connectivity index (χ2v) is 5.22. The third-order valence-corrected chi connectivity index (χ3v) is 3.58. The van der Waals surface area contributed by atoms with E-state index in [2.05, 4.69) is 0 Å². The van der Waals surface area contributed by atoms with Gasteiger partial charge in [0.1, 0.15) is 5.82 Å². The largest absolute Gasteiger partial charge is 0.373 e.